The summed E-state index contributed by atoms with van der Waals surface area (Å²) in [6.07, 6.45) is 5.10. The number of carbonyl (C=O) groups excluding carboxylic acids is 4. The molecule has 3 aromatic rings. The lowest BCUT2D eigenvalue weighted by Crippen LogP contribution is -2.54. The van der Waals surface area contributed by atoms with Crippen molar-refractivity contribution in [2.45, 2.75) is 81.3 Å². The maximum atomic E-state index is 13.0. The molecule has 0 saturated carbocycles. The molecule has 0 radical (unpaired) electrons. The first kappa shape index (κ1) is 34.5. The van der Waals surface area contributed by atoms with E-state index in [-0.39, 0.29) is 18.2 Å². The van der Waals surface area contributed by atoms with Gasteiger partial charge in [0.25, 0.3) is 0 Å². The molecule has 1 fully saturated rings. The van der Waals surface area contributed by atoms with E-state index in [0.29, 0.717) is 41.8 Å². The molecule has 3 aromatic carbocycles. The third kappa shape index (κ3) is 8.87. The monoisotopic (exact) mass is 627 g/mol. The molecule has 0 bridgehead atoms. The van der Waals surface area contributed by atoms with E-state index < -0.39 is 35.8 Å². The molecular weight excluding hydrogens is 582 g/mol. The summed E-state index contributed by atoms with van der Waals surface area (Å²) in [5, 5.41) is 9.65. The van der Waals surface area contributed by atoms with Crippen molar-refractivity contribution in [3.63, 3.8) is 0 Å². The van der Waals surface area contributed by atoms with Gasteiger partial charge in [-0.05, 0) is 54.3 Å². The molecule has 1 heterocycles. The van der Waals surface area contributed by atoms with Crippen LogP contribution in [0, 0.1) is 0 Å². The van der Waals surface area contributed by atoms with Gasteiger partial charge in [0.2, 0.25) is 5.91 Å². The molecule has 1 aliphatic rings. The molecule has 10 nitrogen and oxygen atoms in total. The molecule has 4 rings (SSSR count). The molecule has 0 aromatic heterocycles. The van der Waals surface area contributed by atoms with Crippen molar-refractivity contribution < 1.29 is 23.9 Å². The zero-order valence-electron chi connectivity index (χ0n) is 26.4. The number of hydrogen-bond acceptors (Lipinski definition) is 9. The average molecular weight is 628 g/mol. The van der Waals surface area contributed by atoms with Crippen molar-refractivity contribution in [3.8, 4) is 0 Å². The van der Waals surface area contributed by atoms with Gasteiger partial charge >= 0.3 is 0 Å². The molecule has 1 aliphatic heterocycles. The maximum Gasteiger partial charge on any atom is 0.220 e. The van der Waals surface area contributed by atoms with Gasteiger partial charge in [0, 0.05) is 23.7 Å². The first-order valence-electron chi connectivity index (χ1n) is 15.8. The van der Waals surface area contributed by atoms with Crippen LogP contribution in [-0.4, -0.2) is 55.1 Å². The van der Waals surface area contributed by atoms with E-state index in [1.165, 1.54) is 0 Å². The Morgan fingerprint density at radius 3 is 1.74 bits per heavy atom. The molecule has 244 valence electrons. The lowest BCUT2D eigenvalue weighted by Gasteiger charge is -2.36. The molecular formula is C36H45N5O5. The fraction of sp³-hybridized carbons (Fsp3) is 0.389. The molecule has 3 unspecified atom stereocenters. The highest BCUT2D eigenvalue weighted by molar-refractivity contribution is 5.80. The minimum absolute atomic E-state index is 0.256. The second kappa shape index (κ2) is 16.3. The normalized spacial score (nSPS) is 19.5. The van der Waals surface area contributed by atoms with Crippen LogP contribution in [0.1, 0.15) is 74.2 Å². The third-order valence-corrected chi connectivity index (χ3v) is 8.60. The van der Waals surface area contributed by atoms with Gasteiger partial charge in [0.1, 0.15) is 24.9 Å². The zero-order valence-corrected chi connectivity index (χ0v) is 26.4. The van der Waals surface area contributed by atoms with Crippen molar-refractivity contribution in [1.82, 2.24) is 16.0 Å². The number of anilines is 2. The summed E-state index contributed by atoms with van der Waals surface area (Å²) in [5.74, 6) is -0.610. The van der Waals surface area contributed by atoms with E-state index in [1.54, 1.807) is 48.5 Å². The van der Waals surface area contributed by atoms with Crippen LogP contribution in [0.3, 0.4) is 0 Å². The number of rotatable bonds is 19. The van der Waals surface area contributed by atoms with Crippen LogP contribution in [0.5, 0.6) is 0 Å². The van der Waals surface area contributed by atoms with Crippen LogP contribution in [-0.2, 0) is 23.9 Å². The number of amides is 1. The second-order valence-corrected chi connectivity index (χ2v) is 12.1. The molecule has 7 atom stereocenters. The van der Waals surface area contributed by atoms with Gasteiger partial charge in [-0.3, -0.25) is 15.4 Å². The standard InChI is InChI=1S/C36H45N5O5/c1-3-4-6-11-32(45)39-30(21-43)34(25-12-16-27(37)17-13-25)41-31(22-44)35(26-14-18-28(38)19-15-26)40-29(20-42)33(36(2)23-46-36)24-9-7-5-8-10-24/h5,7-10,12-22,29-31,33-35,40-41H,3-4,6,11,23,37-38H2,1-2H3,(H,39,45)/t29?,30?,31?,33-,34+,35-,36-/m0/s1. The van der Waals surface area contributed by atoms with Crippen molar-refractivity contribution in [3.05, 3.63) is 95.6 Å². The van der Waals surface area contributed by atoms with E-state index in [1.807, 2.05) is 44.2 Å². The van der Waals surface area contributed by atoms with Gasteiger partial charge in [-0.25, -0.2) is 0 Å². The second-order valence-electron chi connectivity index (χ2n) is 12.1. The van der Waals surface area contributed by atoms with Crippen molar-refractivity contribution >= 4 is 36.1 Å². The lowest BCUT2D eigenvalue weighted by molar-refractivity contribution is -0.124. The van der Waals surface area contributed by atoms with Crippen LogP contribution < -0.4 is 27.4 Å². The molecule has 10 heteroatoms. The number of aldehydes is 3. The smallest absolute Gasteiger partial charge is 0.220 e. The highest BCUT2D eigenvalue weighted by atomic mass is 16.6. The largest absolute Gasteiger partial charge is 0.399 e. The van der Waals surface area contributed by atoms with Crippen molar-refractivity contribution in [1.29, 1.82) is 0 Å². The van der Waals surface area contributed by atoms with E-state index in [2.05, 4.69) is 16.0 Å². The van der Waals surface area contributed by atoms with Gasteiger partial charge in [-0.15, -0.1) is 0 Å². The molecule has 7 N–H and O–H groups in total. The third-order valence-electron chi connectivity index (χ3n) is 8.60. The number of carbonyl (C=O) groups is 4. The van der Waals surface area contributed by atoms with Crippen LogP contribution >= 0.6 is 0 Å². The number of hydrogen-bond donors (Lipinski definition) is 5. The van der Waals surface area contributed by atoms with Crippen LogP contribution in [0.2, 0.25) is 0 Å². The van der Waals surface area contributed by atoms with Crippen LogP contribution in [0.25, 0.3) is 0 Å². The Morgan fingerprint density at radius 1 is 0.761 bits per heavy atom. The quantitative estimate of drug-likeness (QED) is 0.0575. The Balaban J connectivity index is 1.71. The molecule has 1 saturated heterocycles. The average Bonchev–Trinajstić information content (AvgIpc) is 3.81. The number of unbranched alkanes of at least 4 members (excludes halogenated alkanes) is 2. The highest BCUT2D eigenvalue weighted by Crippen LogP contribution is 2.43. The van der Waals surface area contributed by atoms with Crippen molar-refractivity contribution in [2.24, 2.45) is 0 Å². The molecule has 0 aliphatic carbocycles. The number of benzene rings is 3. The van der Waals surface area contributed by atoms with E-state index >= 15 is 0 Å². The van der Waals surface area contributed by atoms with Gasteiger partial charge in [-0.2, -0.15) is 0 Å². The van der Waals surface area contributed by atoms with E-state index in [9.17, 15) is 19.2 Å². The maximum absolute atomic E-state index is 13.0. The molecule has 1 amide bonds. The molecule has 0 spiro atoms. The number of ether oxygens (including phenoxy) is 1. The van der Waals surface area contributed by atoms with Crippen LogP contribution in [0.15, 0.2) is 78.9 Å². The highest BCUT2D eigenvalue weighted by Gasteiger charge is 2.51. The minimum atomic E-state index is -0.995. The summed E-state index contributed by atoms with van der Waals surface area (Å²) in [6.45, 7) is 4.50. The predicted molar refractivity (Wildman–Crippen MR) is 179 cm³/mol. The minimum Gasteiger partial charge on any atom is -0.399 e. The summed E-state index contributed by atoms with van der Waals surface area (Å²) in [6, 6.07) is 19.3. The summed E-state index contributed by atoms with van der Waals surface area (Å²) in [7, 11) is 0. The van der Waals surface area contributed by atoms with Gasteiger partial charge in [0.05, 0.1) is 36.4 Å². The Kier molecular flexibility index (Phi) is 12.2. The fourth-order valence-electron chi connectivity index (χ4n) is 5.95. The first-order valence-corrected chi connectivity index (χ1v) is 15.8. The van der Waals surface area contributed by atoms with E-state index in [4.69, 9.17) is 16.2 Å². The Bertz CT molecular complexity index is 1430. The summed E-state index contributed by atoms with van der Waals surface area (Å²) in [4.78, 5) is 51.2. The topological polar surface area (TPSA) is 169 Å². The van der Waals surface area contributed by atoms with E-state index in [0.717, 1.165) is 31.0 Å². The van der Waals surface area contributed by atoms with Crippen molar-refractivity contribution in [2.75, 3.05) is 18.1 Å². The Labute approximate surface area is 270 Å². The number of nitrogens with two attached hydrogens (primary N) is 2. The predicted octanol–water partition coefficient (Wildman–Crippen LogP) is 3.78. The Morgan fingerprint density at radius 2 is 1.26 bits per heavy atom. The fourth-order valence-corrected chi connectivity index (χ4v) is 5.95. The number of epoxide rings is 1. The first-order chi connectivity index (χ1) is 22.2. The summed E-state index contributed by atoms with van der Waals surface area (Å²) in [5.41, 5.74) is 14.7. The molecule has 46 heavy (non-hydrogen) atoms. The number of nitrogens with one attached hydrogen (secondary N) is 3. The Hall–Kier alpha value is -4.38. The van der Waals surface area contributed by atoms with Gasteiger partial charge < -0.3 is 35.9 Å². The van der Waals surface area contributed by atoms with Crippen LogP contribution in [0.4, 0.5) is 11.4 Å². The van der Waals surface area contributed by atoms with Gasteiger partial charge in [0.15, 0.2) is 0 Å². The number of nitrogen functional groups attached to an aromatic ring is 2. The SMILES string of the molecule is CCCCCC(=O)NC(C=O)[C@H](NC(C=O)[C@@H](NC(C=O)[C@H](c1ccccc1)[C@]1(C)CO1)c1ccc(N)cc1)c1ccc(N)cc1. The summed E-state index contributed by atoms with van der Waals surface area (Å²) < 4.78 is 5.85. The zero-order chi connectivity index (χ0) is 33.1. The lowest BCUT2D eigenvalue weighted by atomic mass is 9.81. The summed E-state index contributed by atoms with van der Waals surface area (Å²) >= 11 is 0. The van der Waals surface area contributed by atoms with Gasteiger partial charge in [-0.1, -0.05) is 74.4 Å².